The van der Waals surface area contributed by atoms with Crippen molar-refractivity contribution < 1.29 is 0 Å². The number of imidazole rings is 1. The Labute approximate surface area is 86.0 Å². The summed E-state index contributed by atoms with van der Waals surface area (Å²) in [6.45, 7) is 1.92. The van der Waals surface area contributed by atoms with Crippen LogP contribution in [0.2, 0.25) is 0 Å². The lowest BCUT2D eigenvalue weighted by Crippen LogP contribution is -2.10. The molecule has 74 valence electrons. The van der Waals surface area contributed by atoms with Crippen LogP contribution >= 0.6 is 0 Å². The van der Waals surface area contributed by atoms with Gasteiger partial charge in [0, 0.05) is 6.07 Å². The Hall–Kier alpha value is -2.03. The molecule has 0 saturated carbocycles. The van der Waals surface area contributed by atoms with E-state index in [-0.39, 0.29) is 5.56 Å². The van der Waals surface area contributed by atoms with Gasteiger partial charge in [-0.15, -0.1) is 0 Å². The molecule has 3 heteroatoms. The molecule has 0 bridgehead atoms. The van der Waals surface area contributed by atoms with Crippen molar-refractivity contribution in [2.24, 2.45) is 0 Å². The molecular formula is C12H10N2O. The third-order valence-electron chi connectivity index (χ3n) is 2.58. The maximum absolute atomic E-state index is 11.8. The Morgan fingerprint density at radius 3 is 2.87 bits per heavy atom. The SMILES string of the molecule is Cc1cc(=O)n2c(c1)[nH]c1ccccc12. The molecule has 3 rings (SSSR count). The third-order valence-corrected chi connectivity index (χ3v) is 2.58. The van der Waals surface area contributed by atoms with Crippen molar-refractivity contribution >= 4 is 16.7 Å². The molecule has 0 fully saturated rings. The van der Waals surface area contributed by atoms with E-state index in [1.165, 1.54) is 0 Å². The van der Waals surface area contributed by atoms with Crippen LogP contribution in [-0.4, -0.2) is 9.38 Å². The average Bonchev–Trinajstić information content (AvgIpc) is 2.54. The minimum atomic E-state index is 0.0162. The van der Waals surface area contributed by atoms with Gasteiger partial charge in [-0.3, -0.25) is 9.20 Å². The van der Waals surface area contributed by atoms with Gasteiger partial charge in [0.25, 0.3) is 5.56 Å². The van der Waals surface area contributed by atoms with Crippen molar-refractivity contribution in [1.29, 1.82) is 0 Å². The van der Waals surface area contributed by atoms with Crippen LogP contribution in [0.3, 0.4) is 0 Å². The number of hydrogen-bond acceptors (Lipinski definition) is 1. The molecule has 0 spiro atoms. The van der Waals surface area contributed by atoms with Crippen molar-refractivity contribution in [1.82, 2.24) is 9.38 Å². The van der Waals surface area contributed by atoms with E-state index in [0.717, 1.165) is 22.2 Å². The van der Waals surface area contributed by atoms with Gasteiger partial charge in [-0.05, 0) is 30.7 Å². The summed E-state index contributed by atoms with van der Waals surface area (Å²) in [7, 11) is 0. The topological polar surface area (TPSA) is 37.3 Å². The molecule has 15 heavy (non-hydrogen) atoms. The van der Waals surface area contributed by atoms with E-state index >= 15 is 0 Å². The smallest absolute Gasteiger partial charge is 0.257 e. The molecule has 3 nitrogen and oxygen atoms in total. The van der Waals surface area contributed by atoms with Crippen LogP contribution in [-0.2, 0) is 0 Å². The van der Waals surface area contributed by atoms with Crippen LogP contribution in [0, 0.1) is 6.92 Å². The summed E-state index contributed by atoms with van der Waals surface area (Å²) in [4.78, 5) is 15.0. The Bertz CT molecular complexity index is 706. The molecule has 3 aromatic rings. The fourth-order valence-electron chi connectivity index (χ4n) is 1.95. The Balaban J connectivity index is 2.67. The zero-order chi connectivity index (χ0) is 10.4. The van der Waals surface area contributed by atoms with Gasteiger partial charge in [-0.1, -0.05) is 12.1 Å². The zero-order valence-corrected chi connectivity index (χ0v) is 8.32. The number of fused-ring (bicyclic) bond motifs is 3. The summed E-state index contributed by atoms with van der Waals surface area (Å²) in [5.74, 6) is 0. The quantitative estimate of drug-likeness (QED) is 0.590. The molecule has 0 aliphatic carbocycles. The molecule has 2 heterocycles. The predicted molar refractivity (Wildman–Crippen MR) is 60.3 cm³/mol. The maximum Gasteiger partial charge on any atom is 0.257 e. The largest absolute Gasteiger partial charge is 0.340 e. The molecule has 0 unspecified atom stereocenters. The third kappa shape index (κ3) is 1.09. The molecule has 0 saturated heterocycles. The molecule has 2 aromatic heterocycles. The second kappa shape index (κ2) is 2.73. The molecule has 1 aromatic carbocycles. The van der Waals surface area contributed by atoms with E-state index in [2.05, 4.69) is 4.98 Å². The van der Waals surface area contributed by atoms with Gasteiger partial charge in [0.15, 0.2) is 0 Å². The summed E-state index contributed by atoms with van der Waals surface area (Å²) in [5.41, 5.74) is 3.76. The highest BCUT2D eigenvalue weighted by atomic mass is 16.1. The van der Waals surface area contributed by atoms with Gasteiger partial charge in [0.2, 0.25) is 0 Å². The lowest BCUT2D eigenvalue weighted by atomic mass is 10.3. The first-order valence-corrected chi connectivity index (χ1v) is 4.86. The van der Waals surface area contributed by atoms with Crippen molar-refractivity contribution in [2.75, 3.05) is 0 Å². The second-order valence-corrected chi connectivity index (χ2v) is 3.73. The number of aryl methyl sites for hydroxylation is 1. The summed E-state index contributed by atoms with van der Waals surface area (Å²) in [6, 6.07) is 11.4. The highest BCUT2D eigenvalue weighted by molar-refractivity contribution is 5.80. The number of aromatic amines is 1. The first-order chi connectivity index (χ1) is 7.25. The van der Waals surface area contributed by atoms with Crippen LogP contribution in [0.25, 0.3) is 16.7 Å². The number of aromatic nitrogens is 2. The summed E-state index contributed by atoms with van der Waals surface area (Å²) in [5, 5.41) is 0. The van der Waals surface area contributed by atoms with Crippen LogP contribution in [0.5, 0.6) is 0 Å². The molecule has 0 radical (unpaired) electrons. The number of benzene rings is 1. The number of para-hydroxylation sites is 2. The minimum Gasteiger partial charge on any atom is -0.340 e. The molecule has 0 amide bonds. The van der Waals surface area contributed by atoms with E-state index in [0.29, 0.717) is 0 Å². The Morgan fingerprint density at radius 2 is 2.00 bits per heavy atom. The van der Waals surface area contributed by atoms with Crippen LogP contribution in [0.15, 0.2) is 41.2 Å². The van der Waals surface area contributed by atoms with E-state index in [1.807, 2.05) is 37.3 Å². The number of pyridine rings is 1. The first-order valence-electron chi connectivity index (χ1n) is 4.86. The summed E-state index contributed by atoms with van der Waals surface area (Å²) < 4.78 is 1.70. The van der Waals surface area contributed by atoms with Crippen LogP contribution in [0.1, 0.15) is 5.56 Å². The van der Waals surface area contributed by atoms with E-state index in [1.54, 1.807) is 10.5 Å². The predicted octanol–water partition coefficient (Wildman–Crippen LogP) is 2.09. The van der Waals surface area contributed by atoms with Crippen molar-refractivity contribution in [3.63, 3.8) is 0 Å². The van der Waals surface area contributed by atoms with Crippen LogP contribution < -0.4 is 5.56 Å². The van der Waals surface area contributed by atoms with Crippen molar-refractivity contribution in [3.05, 3.63) is 52.3 Å². The van der Waals surface area contributed by atoms with Crippen molar-refractivity contribution in [2.45, 2.75) is 6.92 Å². The van der Waals surface area contributed by atoms with Crippen molar-refractivity contribution in [3.8, 4) is 0 Å². The summed E-state index contributed by atoms with van der Waals surface area (Å²) >= 11 is 0. The standard InChI is InChI=1S/C12H10N2O/c1-8-6-11-13-9-4-2-3-5-10(9)14(11)12(15)7-8/h2-7,13H,1H3. The Morgan fingerprint density at radius 1 is 1.20 bits per heavy atom. The van der Waals surface area contributed by atoms with Gasteiger partial charge >= 0.3 is 0 Å². The van der Waals surface area contributed by atoms with Crippen LogP contribution in [0.4, 0.5) is 0 Å². The summed E-state index contributed by atoms with van der Waals surface area (Å²) in [6.07, 6.45) is 0. The van der Waals surface area contributed by atoms with Gasteiger partial charge in [0.1, 0.15) is 5.65 Å². The molecule has 0 atom stereocenters. The number of nitrogens with zero attached hydrogens (tertiary/aromatic N) is 1. The monoisotopic (exact) mass is 198 g/mol. The lowest BCUT2D eigenvalue weighted by Gasteiger charge is -1.95. The first kappa shape index (κ1) is 8.29. The fourth-order valence-corrected chi connectivity index (χ4v) is 1.95. The molecule has 1 N–H and O–H groups in total. The van der Waals surface area contributed by atoms with E-state index < -0.39 is 0 Å². The minimum absolute atomic E-state index is 0.0162. The second-order valence-electron chi connectivity index (χ2n) is 3.73. The Kier molecular flexibility index (Phi) is 1.51. The van der Waals surface area contributed by atoms with Gasteiger partial charge < -0.3 is 4.98 Å². The maximum atomic E-state index is 11.8. The number of H-pyrrole nitrogens is 1. The van der Waals surface area contributed by atoms with Gasteiger partial charge in [-0.2, -0.15) is 0 Å². The molecular weight excluding hydrogens is 188 g/mol. The molecule has 0 aliphatic heterocycles. The van der Waals surface area contributed by atoms with Gasteiger partial charge in [-0.25, -0.2) is 0 Å². The molecule has 0 aliphatic rings. The highest BCUT2D eigenvalue weighted by Crippen LogP contribution is 2.14. The number of nitrogens with one attached hydrogen (secondary N) is 1. The highest BCUT2D eigenvalue weighted by Gasteiger charge is 2.04. The fraction of sp³-hybridized carbons (Fsp3) is 0.0833. The number of rotatable bonds is 0. The van der Waals surface area contributed by atoms with E-state index in [9.17, 15) is 4.79 Å². The normalized spacial score (nSPS) is 11.3. The van der Waals surface area contributed by atoms with Gasteiger partial charge in [0.05, 0.1) is 11.0 Å². The number of hydrogen-bond donors (Lipinski definition) is 1. The zero-order valence-electron chi connectivity index (χ0n) is 8.32. The lowest BCUT2D eigenvalue weighted by molar-refractivity contribution is 1.14. The van der Waals surface area contributed by atoms with E-state index in [4.69, 9.17) is 0 Å². The average molecular weight is 198 g/mol.